The molecule has 0 aromatic heterocycles. The summed E-state index contributed by atoms with van der Waals surface area (Å²) in [5.74, 6) is 0.180. The van der Waals surface area contributed by atoms with Gasteiger partial charge in [-0.2, -0.15) is 0 Å². The van der Waals surface area contributed by atoms with Crippen molar-refractivity contribution >= 4 is 5.91 Å². The fourth-order valence-corrected chi connectivity index (χ4v) is 2.12. The van der Waals surface area contributed by atoms with Crippen LogP contribution in [-0.4, -0.2) is 18.5 Å². The van der Waals surface area contributed by atoms with Crippen molar-refractivity contribution in [3.63, 3.8) is 0 Å². The molecular weight excluding hydrogens is 212 g/mol. The summed E-state index contributed by atoms with van der Waals surface area (Å²) in [6.45, 7) is 5.10. The van der Waals surface area contributed by atoms with E-state index < -0.39 is 0 Å². The van der Waals surface area contributed by atoms with Crippen LogP contribution in [0.4, 0.5) is 0 Å². The molecular formula is C14H20N2O. The quantitative estimate of drug-likeness (QED) is 0.832. The van der Waals surface area contributed by atoms with Gasteiger partial charge in [-0.3, -0.25) is 4.79 Å². The maximum absolute atomic E-state index is 11.1. The first-order chi connectivity index (χ1) is 8.15. The second-order valence-corrected chi connectivity index (χ2v) is 4.84. The van der Waals surface area contributed by atoms with Gasteiger partial charge in [-0.15, -0.1) is 0 Å². The Morgan fingerprint density at radius 3 is 2.71 bits per heavy atom. The van der Waals surface area contributed by atoms with E-state index in [2.05, 4.69) is 48.7 Å². The Hall–Kier alpha value is -1.35. The van der Waals surface area contributed by atoms with E-state index in [-0.39, 0.29) is 5.91 Å². The van der Waals surface area contributed by atoms with Crippen LogP contribution in [0.3, 0.4) is 0 Å². The van der Waals surface area contributed by atoms with Crippen molar-refractivity contribution in [1.29, 1.82) is 0 Å². The summed E-state index contributed by atoms with van der Waals surface area (Å²) in [5.41, 5.74) is 2.57. The molecule has 1 amide bonds. The first kappa shape index (κ1) is 12.1. The number of nitrogens with one attached hydrogen (secondary N) is 2. The van der Waals surface area contributed by atoms with Crippen LogP contribution in [0.25, 0.3) is 0 Å². The van der Waals surface area contributed by atoms with Gasteiger partial charge in [0.15, 0.2) is 0 Å². The summed E-state index contributed by atoms with van der Waals surface area (Å²) in [6.07, 6.45) is 1.62. The molecule has 17 heavy (non-hydrogen) atoms. The first-order valence-corrected chi connectivity index (χ1v) is 6.24. The molecule has 3 heteroatoms. The highest BCUT2D eigenvalue weighted by atomic mass is 16.1. The van der Waals surface area contributed by atoms with Crippen molar-refractivity contribution in [1.82, 2.24) is 10.6 Å². The smallest absolute Gasteiger partial charge is 0.220 e. The van der Waals surface area contributed by atoms with Crippen molar-refractivity contribution in [2.45, 2.75) is 38.8 Å². The molecule has 0 aliphatic carbocycles. The summed E-state index contributed by atoms with van der Waals surface area (Å²) in [7, 11) is 0. The number of carbonyl (C=O) groups excluding carboxylic acids is 1. The van der Waals surface area contributed by atoms with Crippen LogP contribution in [0, 0.1) is 6.92 Å². The zero-order valence-electron chi connectivity index (χ0n) is 10.5. The zero-order chi connectivity index (χ0) is 12.3. The largest absolute Gasteiger partial charge is 0.352 e. The van der Waals surface area contributed by atoms with Gasteiger partial charge in [0.2, 0.25) is 5.91 Å². The summed E-state index contributed by atoms with van der Waals surface area (Å²) < 4.78 is 0. The fraction of sp³-hybridized carbons (Fsp3) is 0.500. The Labute approximate surface area is 103 Å². The second kappa shape index (κ2) is 5.32. The summed E-state index contributed by atoms with van der Waals surface area (Å²) >= 11 is 0. The number of carbonyl (C=O) groups is 1. The highest BCUT2D eigenvalue weighted by Crippen LogP contribution is 2.14. The predicted octanol–water partition coefficient (Wildman–Crippen LogP) is 1.92. The van der Waals surface area contributed by atoms with E-state index in [0.717, 1.165) is 13.0 Å². The summed E-state index contributed by atoms with van der Waals surface area (Å²) in [5, 5.41) is 6.43. The van der Waals surface area contributed by atoms with Gasteiger partial charge in [0, 0.05) is 25.0 Å². The molecule has 1 fully saturated rings. The fourth-order valence-electron chi connectivity index (χ4n) is 2.12. The molecule has 1 aromatic carbocycles. The molecule has 3 nitrogen and oxygen atoms in total. The van der Waals surface area contributed by atoms with Crippen molar-refractivity contribution in [2.75, 3.05) is 6.54 Å². The summed E-state index contributed by atoms with van der Waals surface area (Å²) in [6, 6.07) is 9.19. The van der Waals surface area contributed by atoms with Crippen molar-refractivity contribution in [3.8, 4) is 0 Å². The Morgan fingerprint density at radius 2 is 2.12 bits per heavy atom. The second-order valence-electron chi connectivity index (χ2n) is 4.84. The normalized spacial score (nSPS) is 21.3. The molecule has 2 atom stereocenters. The average molecular weight is 232 g/mol. The van der Waals surface area contributed by atoms with E-state index in [4.69, 9.17) is 0 Å². The van der Waals surface area contributed by atoms with E-state index in [1.54, 1.807) is 0 Å². The molecule has 0 saturated carbocycles. The van der Waals surface area contributed by atoms with E-state index in [0.29, 0.717) is 18.5 Å². The van der Waals surface area contributed by atoms with Gasteiger partial charge in [0.05, 0.1) is 0 Å². The Bertz CT molecular complexity index is 386. The lowest BCUT2D eigenvalue weighted by Crippen LogP contribution is -2.36. The van der Waals surface area contributed by atoms with E-state index in [1.165, 1.54) is 11.1 Å². The van der Waals surface area contributed by atoms with Crippen LogP contribution in [0.15, 0.2) is 24.3 Å². The molecule has 0 bridgehead atoms. The van der Waals surface area contributed by atoms with Crippen molar-refractivity contribution < 1.29 is 4.79 Å². The molecule has 2 rings (SSSR count). The number of rotatable bonds is 4. The summed E-state index contributed by atoms with van der Waals surface area (Å²) in [4.78, 5) is 11.1. The van der Waals surface area contributed by atoms with Crippen LogP contribution >= 0.6 is 0 Å². The average Bonchev–Trinajstić information content (AvgIpc) is 2.73. The third-order valence-electron chi connectivity index (χ3n) is 3.33. The molecule has 1 aliphatic heterocycles. The van der Waals surface area contributed by atoms with Gasteiger partial charge in [-0.05, 0) is 25.8 Å². The Balaban J connectivity index is 1.82. The minimum absolute atomic E-state index is 0.180. The van der Waals surface area contributed by atoms with Crippen molar-refractivity contribution in [3.05, 3.63) is 35.4 Å². The monoisotopic (exact) mass is 232 g/mol. The van der Waals surface area contributed by atoms with Crippen LogP contribution in [-0.2, 0) is 4.79 Å². The minimum atomic E-state index is 0.180. The number of hydrogen-bond donors (Lipinski definition) is 2. The highest BCUT2D eigenvalue weighted by molar-refractivity contribution is 5.78. The van der Waals surface area contributed by atoms with Gasteiger partial charge in [0.1, 0.15) is 0 Å². The van der Waals surface area contributed by atoms with Gasteiger partial charge in [-0.1, -0.05) is 29.8 Å². The molecule has 1 unspecified atom stereocenters. The highest BCUT2D eigenvalue weighted by Gasteiger charge is 2.20. The maximum atomic E-state index is 11.1. The molecule has 1 aliphatic rings. The Morgan fingerprint density at radius 1 is 1.41 bits per heavy atom. The number of amides is 1. The third-order valence-corrected chi connectivity index (χ3v) is 3.33. The molecule has 1 aromatic rings. The lowest BCUT2D eigenvalue weighted by molar-refractivity contribution is -0.119. The van der Waals surface area contributed by atoms with Crippen LogP contribution in [0.2, 0.25) is 0 Å². The van der Waals surface area contributed by atoms with E-state index >= 15 is 0 Å². The molecule has 1 saturated heterocycles. The molecule has 0 radical (unpaired) electrons. The molecule has 2 N–H and O–H groups in total. The third kappa shape index (κ3) is 3.30. The standard InChI is InChI=1S/C14H20N2O/c1-10-3-5-12(6-4-10)11(2)15-9-13-7-8-14(17)16-13/h3-6,11,13,15H,7-9H2,1-2H3,(H,16,17)/t11-,13?/m1/s1. The van der Waals surface area contributed by atoms with Crippen LogP contribution in [0.5, 0.6) is 0 Å². The van der Waals surface area contributed by atoms with Gasteiger partial charge < -0.3 is 10.6 Å². The van der Waals surface area contributed by atoms with E-state index in [1.807, 2.05) is 0 Å². The molecule has 92 valence electrons. The lowest BCUT2D eigenvalue weighted by atomic mass is 10.1. The minimum Gasteiger partial charge on any atom is -0.352 e. The van der Waals surface area contributed by atoms with Gasteiger partial charge >= 0.3 is 0 Å². The Kier molecular flexibility index (Phi) is 3.79. The number of benzene rings is 1. The van der Waals surface area contributed by atoms with E-state index in [9.17, 15) is 4.79 Å². The zero-order valence-corrected chi connectivity index (χ0v) is 10.5. The first-order valence-electron chi connectivity index (χ1n) is 6.24. The number of hydrogen-bond acceptors (Lipinski definition) is 2. The topological polar surface area (TPSA) is 41.1 Å². The SMILES string of the molecule is Cc1ccc([C@@H](C)NCC2CCC(=O)N2)cc1. The van der Waals surface area contributed by atoms with Gasteiger partial charge in [0.25, 0.3) is 0 Å². The molecule has 0 spiro atoms. The van der Waals surface area contributed by atoms with Crippen LogP contribution < -0.4 is 10.6 Å². The lowest BCUT2D eigenvalue weighted by Gasteiger charge is -2.17. The van der Waals surface area contributed by atoms with Gasteiger partial charge in [-0.25, -0.2) is 0 Å². The predicted molar refractivity (Wildman–Crippen MR) is 68.8 cm³/mol. The maximum Gasteiger partial charge on any atom is 0.220 e. The van der Waals surface area contributed by atoms with Crippen molar-refractivity contribution in [2.24, 2.45) is 0 Å². The van der Waals surface area contributed by atoms with Crippen LogP contribution in [0.1, 0.15) is 36.9 Å². The molecule has 1 heterocycles. The number of aryl methyl sites for hydroxylation is 1.